The molecule has 0 heterocycles. The van der Waals surface area contributed by atoms with Crippen molar-refractivity contribution in [3.05, 3.63) is 54.1 Å². The SMILES string of the molecule is CC.CCCc1cccc(-c2cccc(NC(C)=O)c2)c1. The van der Waals surface area contributed by atoms with Crippen LogP contribution in [-0.2, 0) is 11.2 Å². The van der Waals surface area contributed by atoms with Gasteiger partial charge in [0.1, 0.15) is 0 Å². The molecular formula is C19H25NO. The first-order valence-electron chi connectivity index (χ1n) is 7.66. The van der Waals surface area contributed by atoms with Crippen molar-refractivity contribution < 1.29 is 4.79 Å². The van der Waals surface area contributed by atoms with Crippen LogP contribution in [0.2, 0.25) is 0 Å². The topological polar surface area (TPSA) is 29.1 Å². The fourth-order valence-corrected chi connectivity index (χ4v) is 2.17. The number of hydrogen-bond acceptors (Lipinski definition) is 1. The molecule has 2 rings (SSSR count). The van der Waals surface area contributed by atoms with Gasteiger partial charge in [-0.2, -0.15) is 0 Å². The lowest BCUT2D eigenvalue weighted by atomic mass is 10.0. The standard InChI is InChI=1S/C17H19NO.C2H6/c1-3-6-14-7-4-8-15(11-14)16-9-5-10-17(12-16)18-13(2)19;1-2/h4-5,7-12H,3,6H2,1-2H3,(H,18,19);1-2H3. The highest BCUT2D eigenvalue weighted by atomic mass is 16.1. The van der Waals surface area contributed by atoms with E-state index in [0.717, 1.165) is 24.1 Å². The number of hydrogen-bond donors (Lipinski definition) is 1. The lowest BCUT2D eigenvalue weighted by Gasteiger charge is -2.07. The van der Waals surface area contributed by atoms with Crippen LogP contribution in [0.15, 0.2) is 48.5 Å². The minimum Gasteiger partial charge on any atom is -0.326 e. The molecule has 0 saturated heterocycles. The molecule has 0 aliphatic heterocycles. The Morgan fingerprint density at radius 1 is 1.00 bits per heavy atom. The van der Waals surface area contributed by atoms with Crippen molar-refractivity contribution in [3.8, 4) is 11.1 Å². The predicted molar refractivity (Wildman–Crippen MR) is 91.5 cm³/mol. The summed E-state index contributed by atoms with van der Waals surface area (Å²) in [6.45, 7) is 7.71. The van der Waals surface area contributed by atoms with Crippen LogP contribution in [0.1, 0.15) is 39.7 Å². The molecule has 112 valence electrons. The Balaban J connectivity index is 0.00000106. The smallest absolute Gasteiger partial charge is 0.221 e. The van der Waals surface area contributed by atoms with Gasteiger partial charge in [-0.3, -0.25) is 4.79 Å². The Morgan fingerprint density at radius 2 is 1.62 bits per heavy atom. The lowest BCUT2D eigenvalue weighted by molar-refractivity contribution is -0.114. The van der Waals surface area contributed by atoms with Crippen LogP contribution in [0.4, 0.5) is 5.69 Å². The van der Waals surface area contributed by atoms with Crippen molar-refractivity contribution in [2.45, 2.75) is 40.5 Å². The summed E-state index contributed by atoms with van der Waals surface area (Å²) in [7, 11) is 0. The van der Waals surface area contributed by atoms with Crippen LogP contribution < -0.4 is 5.32 Å². The van der Waals surface area contributed by atoms with Crippen molar-refractivity contribution in [2.24, 2.45) is 0 Å². The van der Waals surface area contributed by atoms with Crippen molar-refractivity contribution in [3.63, 3.8) is 0 Å². The molecule has 0 unspecified atom stereocenters. The highest BCUT2D eigenvalue weighted by Gasteiger charge is 2.01. The maximum Gasteiger partial charge on any atom is 0.221 e. The van der Waals surface area contributed by atoms with Crippen LogP contribution in [0.25, 0.3) is 11.1 Å². The number of aryl methyl sites for hydroxylation is 1. The molecule has 0 aliphatic carbocycles. The molecule has 2 nitrogen and oxygen atoms in total. The van der Waals surface area contributed by atoms with Gasteiger partial charge < -0.3 is 5.32 Å². The summed E-state index contributed by atoms with van der Waals surface area (Å²) >= 11 is 0. The third kappa shape index (κ3) is 5.42. The van der Waals surface area contributed by atoms with Gasteiger partial charge in [-0.25, -0.2) is 0 Å². The quantitative estimate of drug-likeness (QED) is 0.811. The molecule has 0 aromatic heterocycles. The first kappa shape index (κ1) is 17.0. The van der Waals surface area contributed by atoms with Crippen LogP contribution in [0.5, 0.6) is 0 Å². The average Bonchev–Trinajstić information content (AvgIpc) is 2.50. The highest BCUT2D eigenvalue weighted by Crippen LogP contribution is 2.24. The van der Waals surface area contributed by atoms with E-state index in [0.29, 0.717) is 0 Å². The van der Waals surface area contributed by atoms with Crippen molar-refractivity contribution in [2.75, 3.05) is 5.32 Å². The monoisotopic (exact) mass is 283 g/mol. The second-order valence-electron chi connectivity index (χ2n) is 4.71. The summed E-state index contributed by atoms with van der Waals surface area (Å²) in [5.74, 6) is -0.0446. The highest BCUT2D eigenvalue weighted by molar-refractivity contribution is 5.89. The molecule has 0 saturated carbocycles. The summed E-state index contributed by atoms with van der Waals surface area (Å²) in [4.78, 5) is 11.1. The largest absolute Gasteiger partial charge is 0.326 e. The molecular weight excluding hydrogens is 258 g/mol. The Bertz CT molecular complexity index is 575. The Kier molecular flexibility index (Phi) is 7.24. The van der Waals surface area contributed by atoms with E-state index in [1.54, 1.807) is 0 Å². The third-order valence-corrected chi connectivity index (χ3v) is 2.98. The van der Waals surface area contributed by atoms with Gasteiger partial charge in [0.15, 0.2) is 0 Å². The lowest BCUT2D eigenvalue weighted by Crippen LogP contribution is -2.05. The van der Waals surface area contributed by atoms with Gasteiger partial charge in [0.25, 0.3) is 0 Å². The van der Waals surface area contributed by atoms with Crippen molar-refractivity contribution in [1.29, 1.82) is 0 Å². The van der Waals surface area contributed by atoms with Crippen LogP contribution in [0.3, 0.4) is 0 Å². The number of rotatable bonds is 4. The summed E-state index contributed by atoms with van der Waals surface area (Å²) < 4.78 is 0. The molecule has 0 fully saturated rings. The van der Waals surface area contributed by atoms with Gasteiger partial charge in [0.2, 0.25) is 5.91 Å². The Labute approximate surface area is 128 Å². The summed E-state index contributed by atoms with van der Waals surface area (Å²) in [5, 5.41) is 2.82. The average molecular weight is 283 g/mol. The number of carbonyl (C=O) groups is 1. The molecule has 21 heavy (non-hydrogen) atoms. The molecule has 2 aromatic rings. The van der Waals surface area contributed by atoms with Crippen LogP contribution in [-0.4, -0.2) is 5.91 Å². The van der Waals surface area contributed by atoms with Crippen LogP contribution >= 0.6 is 0 Å². The number of nitrogens with one attached hydrogen (secondary N) is 1. The van der Waals surface area contributed by atoms with Gasteiger partial charge in [-0.05, 0) is 35.2 Å². The third-order valence-electron chi connectivity index (χ3n) is 2.98. The Morgan fingerprint density at radius 3 is 2.24 bits per heavy atom. The summed E-state index contributed by atoms with van der Waals surface area (Å²) in [6, 6.07) is 16.5. The van der Waals surface area contributed by atoms with E-state index in [4.69, 9.17) is 0 Å². The van der Waals surface area contributed by atoms with E-state index in [2.05, 4.69) is 42.6 Å². The number of benzene rings is 2. The van der Waals surface area contributed by atoms with E-state index in [1.807, 2.05) is 32.0 Å². The van der Waals surface area contributed by atoms with E-state index in [9.17, 15) is 4.79 Å². The minimum atomic E-state index is -0.0446. The van der Waals surface area contributed by atoms with Gasteiger partial charge in [-0.15, -0.1) is 0 Å². The Hall–Kier alpha value is -2.09. The molecule has 0 bridgehead atoms. The fourth-order valence-electron chi connectivity index (χ4n) is 2.17. The zero-order chi connectivity index (χ0) is 15.7. The maximum absolute atomic E-state index is 11.1. The molecule has 0 atom stereocenters. The van der Waals surface area contributed by atoms with Gasteiger partial charge in [-0.1, -0.05) is 63.6 Å². The minimum absolute atomic E-state index is 0.0446. The summed E-state index contributed by atoms with van der Waals surface area (Å²) in [5.41, 5.74) is 4.51. The number of carbonyl (C=O) groups excluding carboxylic acids is 1. The van der Waals surface area contributed by atoms with E-state index in [1.165, 1.54) is 18.1 Å². The molecule has 0 radical (unpaired) electrons. The molecule has 2 heteroatoms. The molecule has 1 N–H and O–H groups in total. The first-order chi connectivity index (χ1) is 10.2. The van der Waals surface area contributed by atoms with E-state index in [-0.39, 0.29) is 5.91 Å². The zero-order valence-electron chi connectivity index (χ0n) is 13.4. The van der Waals surface area contributed by atoms with Gasteiger partial charge in [0, 0.05) is 12.6 Å². The van der Waals surface area contributed by atoms with Crippen molar-refractivity contribution in [1.82, 2.24) is 0 Å². The number of anilines is 1. The second kappa shape index (κ2) is 8.96. The molecule has 1 amide bonds. The summed E-state index contributed by atoms with van der Waals surface area (Å²) in [6.07, 6.45) is 2.24. The first-order valence-corrected chi connectivity index (χ1v) is 7.66. The normalized spacial score (nSPS) is 9.52. The fraction of sp³-hybridized carbons (Fsp3) is 0.316. The van der Waals surface area contributed by atoms with Crippen molar-refractivity contribution >= 4 is 11.6 Å². The number of amides is 1. The predicted octanol–water partition coefficient (Wildman–Crippen LogP) is 5.29. The zero-order valence-corrected chi connectivity index (χ0v) is 13.4. The molecule has 0 aliphatic rings. The van der Waals surface area contributed by atoms with E-state index >= 15 is 0 Å². The second-order valence-corrected chi connectivity index (χ2v) is 4.71. The van der Waals surface area contributed by atoms with E-state index < -0.39 is 0 Å². The molecule has 0 spiro atoms. The van der Waals surface area contributed by atoms with Gasteiger partial charge >= 0.3 is 0 Å². The maximum atomic E-state index is 11.1. The molecule has 2 aromatic carbocycles. The van der Waals surface area contributed by atoms with Crippen LogP contribution in [0, 0.1) is 0 Å². The van der Waals surface area contributed by atoms with Gasteiger partial charge in [0.05, 0.1) is 0 Å².